The molecule has 0 aliphatic carbocycles. The van der Waals surface area contributed by atoms with Crippen molar-refractivity contribution in [2.45, 2.75) is 64.3 Å². The fourth-order valence-corrected chi connectivity index (χ4v) is 3.14. The quantitative estimate of drug-likeness (QED) is 0.766. The van der Waals surface area contributed by atoms with Gasteiger partial charge in [-0.2, -0.15) is 11.8 Å². The van der Waals surface area contributed by atoms with Crippen LogP contribution in [0.5, 0.6) is 0 Å². The lowest BCUT2D eigenvalue weighted by atomic mass is 9.98. The van der Waals surface area contributed by atoms with Crippen molar-refractivity contribution >= 4 is 11.8 Å². The van der Waals surface area contributed by atoms with E-state index >= 15 is 0 Å². The van der Waals surface area contributed by atoms with E-state index in [-0.39, 0.29) is 0 Å². The summed E-state index contributed by atoms with van der Waals surface area (Å²) in [4.78, 5) is 2.73. The van der Waals surface area contributed by atoms with E-state index in [0.717, 1.165) is 17.2 Å². The second kappa shape index (κ2) is 8.44. The minimum Gasteiger partial charge on any atom is -0.311 e. The standard InChI is InChI=1S/C15H32N2S/c1-6-15-10-16-14(9-12(2)3)11-17(15)8-7-13(4)18-5/h12-16H,6-11H2,1-5H3. The third-order valence-corrected chi connectivity index (χ3v) is 5.11. The topological polar surface area (TPSA) is 15.3 Å². The molecule has 3 atom stereocenters. The highest BCUT2D eigenvalue weighted by molar-refractivity contribution is 7.99. The first-order valence-corrected chi connectivity index (χ1v) is 8.85. The minimum absolute atomic E-state index is 0.706. The van der Waals surface area contributed by atoms with Crippen molar-refractivity contribution in [3.63, 3.8) is 0 Å². The highest BCUT2D eigenvalue weighted by Crippen LogP contribution is 2.18. The van der Waals surface area contributed by atoms with Gasteiger partial charge in [0.2, 0.25) is 0 Å². The molecule has 1 saturated heterocycles. The molecule has 3 unspecified atom stereocenters. The van der Waals surface area contributed by atoms with E-state index in [1.165, 1.54) is 38.9 Å². The fraction of sp³-hybridized carbons (Fsp3) is 1.00. The monoisotopic (exact) mass is 272 g/mol. The molecule has 1 heterocycles. The molecule has 1 N–H and O–H groups in total. The Balaban J connectivity index is 2.43. The van der Waals surface area contributed by atoms with Crippen molar-refractivity contribution < 1.29 is 0 Å². The summed E-state index contributed by atoms with van der Waals surface area (Å²) < 4.78 is 0. The highest BCUT2D eigenvalue weighted by Gasteiger charge is 2.26. The smallest absolute Gasteiger partial charge is 0.0218 e. The lowest BCUT2D eigenvalue weighted by Gasteiger charge is -2.41. The minimum atomic E-state index is 0.706. The summed E-state index contributed by atoms with van der Waals surface area (Å²) in [7, 11) is 0. The summed E-state index contributed by atoms with van der Waals surface area (Å²) in [5.74, 6) is 0.799. The molecule has 0 aromatic carbocycles. The molecular formula is C15H32N2S. The Hall–Kier alpha value is 0.270. The zero-order chi connectivity index (χ0) is 13.5. The Labute approximate surface area is 118 Å². The van der Waals surface area contributed by atoms with E-state index in [4.69, 9.17) is 0 Å². The summed E-state index contributed by atoms with van der Waals surface area (Å²) in [6, 6.07) is 1.46. The van der Waals surface area contributed by atoms with Gasteiger partial charge in [0.05, 0.1) is 0 Å². The van der Waals surface area contributed by atoms with Crippen molar-refractivity contribution in [1.29, 1.82) is 0 Å². The van der Waals surface area contributed by atoms with E-state index in [2.05, 4.69) is 44.2 Å². The van der Waals surface area contributed by atoms with Crippen LogP contribution in [0.15, 0.2) is 0 Å². The van der Waals surface area contributed by atoms with Gasteiger partial charge in [-0.05, 0) is 38.0 Å². The van der Waals surface area contributed by atoms with Crippen LogP contribution in [-0.2, 0) is 0 Å². The molecule has 0 saturated carbocycles. The van der Waals surface area contributed by atoms with Crippen molar-refractivity contribution in [2.75, 3.05) is 25.9 Å². The van der Waals surface area contributed by atoms with Crippen LogP contribution in [0, 0.1) is 5.92 Å². The van der Waals surface area contributed by atoms with E-state index in [1.54, 1.807) is 0 Å². The van der Waals surface area contributed by atoms with Gasteiger partial charge in [0.15, 0.2) is 0 Å². The maximum Gasteiger partial charge on any atom is 0.0218 e. The molecular weight excluding hydrogens is 240 g/mol. The SMILES string of the molecule is CCC1CNC(CC(C)C)CN1CCC(C)SC. The number of nitrogens with zero attached hydrogens (tertiary/aromatic N) is 1. The maximum absolute atomic E-state index is 3.74. The first-order chi connectivity index (χ1) is 8.56. The molecule has 108 valence electrons. The Bertz CT molecular complexity index is 221. The Kier molecular flexibility index (Phi) is 7.66. The van der Waals surface area contributed by atoms with Gasteiger partial charge in [-0.3, -0.25) is 4.90 Å². The van der Waals surface area contributed by atoms with E-state index in [1.807, 2.05) is 11.8 Å². The molecule has 3 heteroatoms. The van der Waals surface area contributed by atoms with Crippen molar-refractivity contribution in [1.82, 2.24) is 10.2 Å². The molecule has 0 spiro atoms. The molecule has 0 radical (unpaired) electrons. The van der Waals surface area contributed by atoms with Crippen LogP contribution in [0.2, 0.25) is 0 Å². The predicted molar refractivity (Wildman–Crippen MR) is 84.5 cm³/mol. The molecule has 2 nitrogen and oxygen atoms in total. The van der Waals surface area contributed by atoms with Crippen LogP contribution >= 0.6 is 11.8 Å². The maximum atomic E-state index is 3.74. The summed E-state index contributed by atoms with van der Waals surface area (Å²) in [6.45, 7) is 13.0. The van der Waals surface area contributed by atoms with Crippen LogP contribution < -0.4 is 5.32 Å². The van der Waals surface area contributed by atoms with Crippen molar-refractivity contribution in [3.8, 4) is 0 Å². The second-order valence-corrected chi connectivity index (χ2v) is 7.40. The molecule has 1 rings (SSSR count). The number of rotatable bonds is 7. The average Bonchev–Trinajstić information content (AvgIpc) is 2.35. The van der Waals surface area contributed by atoms with Crippen molar-refractivity contribution in [2.24, 2.45) is 5.92 Å². The van der Waals surface area contributed by atoms with Gasteiger partial charge in [-0.15, -0.1) is 0 Å². The van der Waals surface area contributed by atoms with Crippen LogP contribution in [-0.4, -0.2) is 48.1 Å². The number of hydrogen-bond acceptors (Lipinski definition) is 3. The molecule has 18 heavy (non-hydrogen) atoms. The van der Waals surface area contributed by atoms with Gasteiger partial charge in [0, 0.05) is 30.4 Å². The second-order valence-electron chi connectivity index (χ2n) is 6.13. The molecule has 1 aliphatic rings. The molecule has 0 amide bonds. The van der Waals surface area contributed by atoms with Gasteiger partial charge < -0.3 is 5.32 Å². The van der Waals surface area contributed by atoms with Crippen molar-refractivity contribution in [3.05, 3.63) is 0 Å². The Morgan fingerprint density at radius 3 is 2.61 bits per heavy atom. The number of piperazine rings is 1. The van der Waals surface area contributed by atoms with Crippen LogP contribution in [0.25, 0.3) is 0 Å². The van der Waals surface area contributed by atoms with Gasteiger partial charge in [0.25, 0.3) is 0 Å². The van der Waals surface area contributed by atoms with Crippen LogP contribution in [0.4, 0.5) is 0 Å². The largest absolute Gasteiger partial charge is 0.311 e. The summed E-state index contributed by atoms with van der Waals surface area (Å²) in [5.41, 5.74) is 0. The fourth-order valence-electron chi connectivity index (χ4n) is 2.80. The summed E-state index contributed by atoms with van der Waals surface area (Å²) in [5, 5.41) is 4.53. The average molecular weight is 273 g/mol. The third kappa shape index (κ3) is 5.50. The Morgan fingerprint density at radius 1 is 1.33 bits per heavy atom. The lowest BCUT2D eigenvalue weighted by Crippen LogP contribution is -2.56. The molecule has 1 aliphatic heterocycles. The predicted octanol–water partition coefficient (Wildman–Crippen LogP) is 3.23. The molecule has 0 aromatic heterocycles. The normalized spacial score (nSPS) is 27.7. The summed E-state index contributed by atoms with van der Waals surface area (Å²) >= 11 is 1.99. The molecule has 0 aromatic rings. The van der Waals surface area contributed by atoms with Gasteiger partial charge in [-0.25, -0.2) is 0 Å². The number of nitrogens with one attached hydrogen (secondary N) is 1. The van der Waals surface area contributed by atoms with Crippen LogP contribution in [0.3, 0.4) is 0 Å². The highest BCUT2D eigenvalue weighted by atomic mass is 32.2. The molecule has 1 fully saturated rings. The number of thioether (sulfide) groups is 1. The van der Waals surface area contributed by atoms with E-state index in [0.29, 0.717) is 6.04 Å². The zero-order valence-corrected chi connectivity index (χ0v) is 13.7. The van der Waals surface area contributed by atoms with Crippen LogP contribution in [0.1, 0.15) is 47.0 Å². The zero-order valence-electron chi connectivity index (χ0n) is 12.9. The van der Waals surface area contributed by atoms with Gasteiger partial charge in [0.1, 0.15) is 0 Å². The van der Waals surface area contributed by atoms with Gasteiger partial charge >= 0.3 is 0 Å². The first kappa shape index (κ1) is 16.3. The van der Waals surface area contributed by atoms with E-state index < -0.39 is 0 Å². The summed E-state index contributed by atoms with van der Waals surface area (Å²) in [6.07, 6.45) is 6.13. The molecule has 0 bridgehead atoms. The first-order valence-electron chi connectivity index (χ1n) is 7.57. The lowest BCUT2D eigenvalue weighted by molar-refractivity contribution is 0.117. The Morgan fingerprint density at radius 2 is 2.06 bits per heavy atom. The number of hydrogen-bond donors (Lipinski definition) is 1. The van der Waals surface area contributed by atoms with E-state index in [9.17, 15) is 0 Å². The third-order valence-electron chi connectivity index (χ3n) is 4.07. The van der Waals surface area contributed by atoms with Gasteiger partial charge in [-0.1, -0.05) is 27.7 Å².